The molecule has 0 bridgehead atoms. The van der Waals surface area contributed by atoms with Crippen LogP contribution >= 0.6 is 11.3 Å². The minimum Gasteiger partial charge on any atom is -0.328 e. The maximum atomic E-state index is 12.9. The Morgan fingerprint density at radius 1 is 1.03 bits per heavy atom. The molecule has 5 aromatic rings. The molecule has 2 aromatic carbocycles. The van der Waals surface area contributed by atoms with E-state index >= 15 is 0 Å². The lowest BCUT2D eigenvalue weighted by atomic mass is 10.0. The van der Waals surface area contributed by atoms with E-state index in [2.05, 4.69) is 27.2 Å². The van der Waals surface area contributed by atoms with Crippen molar-refractivity contribution in [3.63, 3.8) is 0 Å². The SMILES string of the molecule is C=C(C)c1ccc(C(=O)Nc2cccc(-c3cc(Nc4nccs4)c4nccn4n3)c2C)cc1. The van der Waals surface area contributed by atoms with Gasteiger partial charge in [0.15, 0.2) is 10.8 Å². The summed E-state index contributed by atoms with van der Waals surface area (Å²) in [4.78, 5) is 21.6. The number of fused-ring (bicyclic) bond motifs is 1. The van der Waals surface area contributed by atoms with Crippen LogP contribution in [0.1, 0.15) is 28.4 Å². The van der Waals surface area contributed by atoms with Gasteiger partial charge in [0.05, 0.1) is 11.4 Å². The van der Waals surface area contributed by atoms with Crippen LogP contribution in [0.5, 0.6) is 0 Å². The number of hydrogen-bond acceptors (Lipinski definition) is 6. The summed E-state index contributed by atoms with van der Waals surface area (Å²) in [5.74, 6) is -0.169. The van der Waals surface area contributed by atoms with Crippen molar-refractivity contribution < 1.29 is 4.79 Å². The van der Waals surface area contributed by atoms with Crippen molar-refractivity contribution in [2.45, 2.75) is 13.8 Å². The molecule has 0 unspecified atom stereocenters. The van der Waals surface area contributed by atoms with Gasteiger partial charge >= 0.3 is 0 Å². The Labute approximate surface area is 200 Å². The summed E-state index contributed by atoms with van der Waals surface area (Å²) >= 11 is 1.51. The highest BCUT2D eigenvalue weighted by Gasteiger charge is 2.15. The molecule has 8 heteroatoms. The molecule has 0 saturated heterocycles. The number of nitrogens with zero attached hydrogens (tertiary/aromatic N) is 4. The number of allylic oxidation sites excluding steroid dienone is 1. The number of anilines is 3. The summed E-state index contributed by atoms with van der Waals surface area (Å²) in [5.41, 5.74) is 7.38. The number of rotatable bonds is 6. The minimum atomic E-state index is -0.169. The van der Waals surface area contributed by atoms with Gasteiger partial charge in [0, 0.05) is 40.8 Å². The Hall–Kier alpha value is -4.30. The topological polar surface area (TPSA) is 84.2 Å². The van der Waals surface area contributed by atoms with Crippen LogP contribution in [0, 0.1) is 6.92 Å². The summed E-state index contributed by atoms with van der Waals surface area (Å²) in [5, 5.41) is 13.8. The Balaban J connectivity index is 1.47. The fourth-order valence-electron chi connectivity index (χ4n) is 3.69. The fourth-order valence-corrected chi connectivity index (χ4v) is 4.23. The van der Waals surface area contributed by atoms with Crippen molar-refractivity contribution in [1.29, 1.82) is 0 Å². The zero-order chi connectivity index (χ0) is 23.7. The molecule has 0 saturated carbocycles. The molecule has 168 valence electrons. The van der Waals surface area contributed by atoms with E-state index in [4.69, 9.17) is 5.10 Å². The molecule has 34 heavy (non-hydrogen) atoms. The van der Waals surface area contributed by atoms with Crippen LogP contribution in [0.4, 0.5) is 16.5 Å². The summed E-state index contributed by atoms with van der Waals surface area (Å²) < 4.78 is 1.74. The van der Waals surface area contributed by atoms with Crippen LogP contribution in [0.2, 0.25) is 0 Å². The quantitative estimate of drug-likeness (QED) is 0.312. The van der Waals surface area contributed by atoms with E-state index in [0.717, 1.165) is 44.5 Å². The van der Waals surface area contributed by atoms with Crippen molar-refractivity contribution in [3.8, 4) is 11.3 Å². The summed E-state index contributed by atoms with van der Waals surface area (Å²) in [7, 11) is 0. The molecular formula is C26H22N6OS. The number of carbonyl (C=O) groups is 1. The van der Waals surface area contributed by atoms with E-state index in [1.54, 1.807) is 23.1 Å². The van der Waals surface area contributed by atoms with E-state index in [0.29, 0.717) is 11.2 Å². The monoisotopic (exact) mass is 466 g/mol. The van der Waals surface area contributed by atoms with Gasteiger partial charge in [-0.15, -0.1) is 11.3 Å². The lowest BCUT2D eigenvalue weighted by molar-refractivity contribution is 0.102. The van der Waals surface area contributed by atoms with E-state index in [1.165, 1.54) is 11.3 Å². The number of aromatic nitrogens is 4. The molecule has 1 amide bonds. The number of thiazole rings is 1. The largest absolute Gasteiger partial charge is 0.328 e. The van der Waals surface area contributed by atoms with Gasteiger partial charge in [-0.25, -0.2) is 14.5 Å². The molecule has 0 aliphatic carbocycles. The third-order valence-corrected chi connectivity index (χ3v) is 6.22. The van der Waals surface area contributed by atoms with Crippen LogP contribution in [0.25, 0.3) is 22.5 Å². The molecule has 0 spiro atoms. The molecule has 5 rings (SSSR count). The Kier molecular flexibility index (Phi) is 5.65. The standard InChI is InChI=1S/C26H22N6OS/c1-16(2)18-7-9-19(10-8-18)25(33)29-21-6-4-5-20(17(21)3)22-15-23(30-26-28-12-14-34-26)24-27-11-13-32(24)31-22/h4-15H,1H2,2-3H3,(H,28,30)(H,29,33). The number of carbonyl (C=O) groups excluding carboxylic acids is 1. The number of amides is 1. The van der Waals surface area contributed by atoms with Crippen molar-refractivity contribution in [2.24, 2.45) is 0 Å². The van der Waals surface area contributed by atoms with Crippen molar-refractivity contribution >= 4 is 45.0 Å². The number of imidazole rings is 1. The van der Waals surface area contributed by atoms with Gasteiger partial charge in [-0.3, -0.25) is 4.79 Å². The molecule has 0 atom stereocenters. The third-order valence-electron chi connectivity index (χ3n) is 5.53. The van der Waals surface area contributed by atoms with Crippen LogP contribution in [-0.4, -0.2) is 25.5 Å². The van der Waals surface area contributed by atoms with Crippen LogP contribution in [0.3, 0.4) is 0 Å². The van der Waals surface area contributed by atoms with Gasteiger partial charge in [0.2, 0.25) is 0 Å². The Morgan fingerprint density at radius 2 is 1.82 bits per heavy atom. The van der Waals surface area contributed by atoms with Gasteiger partial charge in [-0.05, 0) is 49.2 Å². The highest BCUT2D eigenvalue weighted by atomic mass is 32.1. The minimum absolute atomic E-state index is 0.169. The maximum Gasteiger partial charge on any atom is 0.255 e. The highest BCUT2D eigenvalue weighted by molar-refractivity contribution is 7.13. The predicted octanol–water partition coefficient (Wildman–Crippen LogP) is 6.19. The molecular weight excluding hydrogens is 444 g/mol. The summed E-state index contributed by atoms with van der Waals surface area (Å²) in [6, 6.07) is 15.2. The zero-order valence-corrected chi connectivity index (χ0v) is 19.6. The first kappa shape index (κ1) is 21.5. The van der Waals surface area contributed by atoms with E-state index in [9.17, 15) is 4.79 Å². The van der Waals surface area contributed by atoms with Gasteiger partial charge in [-0.2, -0.15) is 5.10 Å². The molecule has 3 aromatic heterocycles. The average molecular weight is 467 g/mol. The molecule has 0 radical (unpaired) electrons. The van der Waals surface area contributed by atoms with Gasteiger partial charge in [0.1, 0.15) is 0 Å². The third kappa shape index (κ3) is 4.18. The van der Waals surface area contributed by atoms with Crippen LogP contribution < -0.4 is 10.6 Å². The predicted molar refractivity (Wildman–Crippen MR) is 138 cm³/mol. The van der Waals surface area contributed by atoms with E-state index < -0.39 is 0 Å². The first-order valence-corrected chi connectivity index (χ1v) is 11.6. The molecule has 0 aliphatic heterocycles. The van der Waals surface area contributed by atoms with E-state index in [-0.39, 0.29) is 5.91 Å². The van der Waals surface area contributed by atoms with Crippen LogP contribution in [-0.2, 0) is 0 Å². The van der Waals surface area contributed by atoms with Gasteiger partial charge in [0.25, 0.3) is 5.91 Å². The van der Waals surface area contributed by atoms with Crippen molar-refractivity contribution in [3.05, 3.63) is 95.8 Å². The number of hydrogen-bond donors (Lipinski definition) is 2. The molecule has 0 fully saturated rings. The maximum absolute atomic E-state index is 12.9. The first-order chi connectivity index (χ1) is 16.5. The lowest BCUT2D eigenvalue weighted by Crippen LogP contribution is -2.13. The smallest absolute Gasteiger partial charge is 0.255 e. The number of benzene rings is 2. The van der Waals surface area contributed by atoms with Gasteiger partial charge in [-0.1, -0.05) is 36.4 Å². The van der Waals surface area contributed by atoms with E-state index in [1.807, 2.05) is 67.8 Å². The van der Waals surface area contributed by atoms with Crippen molar-refractivity contribution in [1.82, 2.24) is 19.6 Å². The normalized spacial score (nSPS) is 10.9. The molecule has 2 N–H and O–H groups in total. The molecule has 3 heterocycles. The van der Waals surface area contributed by atoms with Crippen LogP contribution in [0.15, 0.2) is 79.1 Å². The lowest BCUT2D eigenvalue weighted by Gasteiger charge is -2.14. The highest BCUT2D eigenvalue weighted by Crippen LogP contribution is 2.31. The summed E-state index contributed by atoms with van der Waals surface area (Å²) in [6.07, 6.45) is 5.27. The zero-order valence-electron chi connectivity index (χ0n) is 18.7. The second kappa shape index (κ2) is 8.92. The number of nitrogens with one attached hydrogen (secondary N) is 2. The fraction of sp³-hybridized carbons (Fsp3) is 0.0769. The Bertz CT molecular complexity index is 1500. The molecule has 0 aliphatic rings. The second-order valence-electron chi connectivity index (χ2n) is 7.89. The average Bonchev–Trinajstić information content (AvgIpc) is 3.52. The van der Waals surface area contributed by atoms with Crippen molar-refractivity contribution in [2.75, 3.05) is 10.6 Å². The second-order valence-corrected chi connectivity index (χ2v) is 8.79. The molecule has 7 nitrogen and oxygen atoms in total. The Morgan fingerprint density at radius 3 is 2.56 bits per heavy atom. The van der Waals surface area contributed by atoms with Gasteiger partial charge < -0.3 is 10.6 Å². The first-order valence-electron chi connectivity index (χ1n) is 10.7. The summed E-state index contributed by atoms with van der Waals surface area (Å²) in [6.45, 7) is 7.86.